The fourth-order valence-corrected chi connectivity index (χ4v) is 2.14. The molecule has 5 heteroatoms. The van der Waals surface area contributed by atoms with Crippen LogP contribution in [-0.2, 0) is 11.3 Å². The number of likely N-dealkylation sites (tertiary alicyclic amines) is 1. The largest absolute Gasteiger partial charge is 0.505 e. The third kappa shape index (κ3) is 2.79. The van der Waals surface area contributed by atoms with E-state index in [0.29, 0.717) is 25.1 Å². The summed E-state index contributed by atoms with van der Waals surface area (Å²) in [5, 5.41) is 12.8. The maximum absolute atomic E-state index is 13.1. The second kappa shape index (κ2) is 5.35. The molecule has 1 aromatic carbocycles. The van der Waals surface area contributed by atoms with Gasteiger partial charge < -0.3 is 15.3 Å². The van der Waals surface area contributed by atoms with E-state index >= 15 is 0 Å². The molecule has 0 radical (unpaired) electrons. The van der Waals surface area contributed by atoms with E-state index in [1.54, 1.807) is 24.1 Å². The summed E-state index contributed by atoms with van der Waals surface area (Å²) in [6, 6.07) is 4.67. The molecular formula is C13H17FN2O2. The van der Waals surface area contributed by atoms with E-state index in [1.807, 2.05) is 0 Å². The lowest BCUT2D eigenvalue weighted by molar-refractivity contribution is -0.132. The van der Waals surface area contributed by atoms with E-state index in [-0.39, 0.29) is 17.7 Å². The van der Waals surface area contributed by atoms with Gasteiger partial charge >= 0.3 is 0 Å². The molecule has 1 heterocycles. The van der Waals surface area contributed by atoms with Crippen molar-refractivity contribution in [2.75, 3.05) is 13.6 Å². The van der Waals surface area contributed by atoms with Crippen LogP contribution in [0, 0.1) is 5.82 Å². The number of likely N-dealkylation sites (N-methyl/N-ethyl adjacent to an activating group) is 1. The van der Waals surface area contributed by atoms with Gasteiger partial charge in [-0.3, -0.25) is 4.79 Å². The van der Waals surface area contributed by atoms with Crippen LogP contribution in [0.25, 0.3) is 0 Å². The molecule has 4 nitrogen and oxygen atoms in total. The van der Waals surface area contributed by atoms with Gasteiger partial charge in [-0.05, 0) is 12.5 Å². The van der Waals surface area contributed by atoms with Crippen molar-refractivity contribution < 1.29 is 14.3 Å². The molecule has 0 aliphatic carbocycles. The van der Waals surface area contributed by atoms with Gasteiger partial charge in [-0.15, -0.1) is 0 Å². The summed E-state index contributed by atoms with van der Waals surface area (Å²) < 4.78 is 13.1. The van der Waals surface area contributed by atoms with Crippen molar-refractivity contribution in [2.45, 2.75) is 25.4 Å². The summed E-state index contributed by atoms with van der Waals surface area (Å²) >= 11 is 0. The van der Waals surface area contributed by atoms with Crippen LogP contribution < -0.4 is 5.32 Å². The molecule has 1 saturated heterocycles. The lowest BCUT2D eigenvalue weighted by atomic mass is 10.1. The SMILES string of the molecule is CN1CC(NCc2cccc(F)c2O)CCC1=O. The Balaban J connectivity index is 1.92. The average Bonchev–Trinajstić information content (AvgIpc) is 2.35. The number of carbonyl (C=O) groups is 1. The van der Waals surface area contributed by atoms with E-state index in [0.717, 1.165) is 6.42 Å². The van der Waals surface area contributed by atoms with Crippen LogP contribution in [0.15, 0.2) is 18.2 Å². The van der Waals surface area contributed by atoms with Crippen LogP contribution in [0.2, 0.25) is 0 Å². The lowest BCUT2D eigenvalue weighted by Crippen LogP contribution is -2.46. The molecule has 2 rings (SSSR count). The zero-order valence-corrected chi connectivity index (χ0v) is 10.3. The lowest BCUT2D eigenvalue weighted by Gasteiger charge is -2.30. The van der Waals surface area contributed by atoms with Crippen LogP contribution in [0.5, 0.6) is 5.75 Å². The molecule has 1 aromatic rings. The smallest absolute Gasteiger partial charge is 0.222 e. The van der Waals surface area contributed by atoms with Crippen molar-refractivity contribution in [1.29, 1.82) is 0 Å². The number of rotatable bonds is 3. The van der Waals surface area contributed by atoms with E-state index < -0.39 is 5.82 Å². The number of benzene rings is 1. The number of amides is 1. The van der Waals surface area contributed by atoms with Crippen LogP contribution in [0.4, 0.5) is 4.39 Å². The van der Waals surface area contributed by atoms with Gasteiger partial charge in [0.2, 0.25) is 5.91 Å². The normalized spacial score (nSPS) is 20.2. The molecule has 1 aliphatic rings. The van der Waals surface area contributed by atoms with Crippen LogP contribution >= 0.6 is 0 Å². The van der Waals surface area contributed by atoms with Gasteiger partial charge in [-0.1, -0.05) is 12.1 Å². The highest BCUT2D eigenvalue weighted by Crippen LogP contribution is 2.21. The number of phenols is 1. The second-order valence-electron chi connectivity index (χ2n) is 4.64. The second-order valence-corrected chi connectivity index (χ2v) is 4.64. The third-order valence-corrected chi connectivity index (χ3v) is 3.28. The minimum absolute atomic E-state index is 0.154. The number of phenolic OH excluding ortho intramolecular Hbond substituents is 1. The topological polar surface area (TPSA) is 52.6 Å². The number of hydrogen-bond donors (Lipinski definition) is 2. The highest BCUT2D eigenvalue weighted by atomic mass is 19.1. The van der Waals surface area contributed by atoms with E-state index in [2.05, 4.69) is 5.32 Å². The molecule has 98 valence electrons. The van der Waals surface area contributed by atoms with Crippen LogP contribution in [0.1, 0.15) is 18.4 Å². The first-order valence-corrected chi connectivity index (χ1v) is 6.01. The number of nitrogens with one attached hydrogen (secondary N) is 1. The first-order valence-electron chi connectivity index (χ1n) is 6.01. The Kier molecular flexibility index (Phi) is 3.81. The maximum Gasteiger partial charge on any atom is 0.222 e. The fourth-order valence-electron chi connectivity index (χ4n) is 2.14. The summed E-state index contributed by atoms with van der Waals surface area (Å²) in [6.07, 6.45) is 1.31. The predicted molar refractivity (Wildman–Crippen MR) is 65.6 cm³/mol. The molecular weight excluding hydrogens is 235 g/mol. The van der Waals surface area contributed by atoms with Gasteiger partial charge in [0.05, 0.1) is 0 Å². The van der Waals surface area contributed by atoms with Crippen molar-refractivity contribution >= 4 is 5.91 Å². The minimum atomic E-state index is -0.606. The molecule has 2 N–H and O–H groups in total. The van der Waals surface area contributed by atoms with Crippen molar-refractivity contribution in [3.8, 4) is 5.75 Å². The summed E-state index contributed by atoms with van der Waals surface area (Å²) in [6.45, 7) is 1.05. The molecule has 1 unspecified atom stereocenters. The summed E-state index contributed by atoms with van der Waals surface area (Å²) in [5.74, 6) is -0.753. The monoisotopic (exact) mass is 252 g/mol. The quantitative estimate of drug-likeness (QED) is 0.851. The number of halogens is 1. The van der Waals surface area contributed by atoms with E-state index in [1.165, 1.54) is 6.07 Å². The molecule has 1 atom stereocenters. The summed E-state index contributed by atoms with van der Waals surface area (Å²) in [7, 11) is 1.77. The Hall–Kier alpha value is -1.62. The van der Waals surface area contributed by atoms with Gasteiger partial charge in [-0.2, -0.15) is 0 Å². The summed E-state index contributed by atoms with van der Waals surface area (Å²) in [5.41, 5.74) is 0.537. The Morgan fingerprint density at radius 2 is 2.33 bits per heavy atom. The first kappa shape index (κ1) is 12.8. The molecule has 0 spiro atoms. The third-order valence-electron chi connectivity index (χ3n) is 3.28. The van der Waals surface area contributed by atoms with E-state index in [4.69, 9.17) is 0 Å². The highest BCUT2D eigenvalue weighted by Gasteiger charge is 2.22. The van der Waals surface area contributed by atoms with Crippen molar-refractivity contribution in [3.05, 3.63) is 29.6 Å². The van der Waals surface area contributed by atoms with Gasteiger partial charge in [-0.25, -0.2) is 4.39 Å². The number of hydrogen-bond acceptors (Lipinski definition) is 3. The Bertz CT molecular complexity index is 451. The first-order chi connectivity index (χ1) is 8.58. The zero-order valence-electron chi connectivity index (χ0n) is 10.3. The van der Waals surface area contributed by atoms with Crippen molar-refractivity contribution in [3.63, 3.8) is 0 Å². The number of piperidine rings is 1. The van der Waals surface area contributed by atoms with Gasteiger partial charge in [0.15, 0.2) is 11.6 Å². The summed E-state index contributed by atoms with van der Waals surface area (Å²) in [4.78, 5) is 13.0. The number of aromatic hydroxyl groups is 1. The molecule has 1 fully saturated rings. The average molecular weight is 252 g/mol. The molecule has 0 bridgehead atoms. The number of para-hydroxylation sites is 1. The fraction of sp³-hybridized carbons (Fsp3) is 0.462. The van der Waals surface area contributed by atoms with Gasteiger partial charge in [0.1, 0.15) is 0 Å². The molecule has 0 aromatic heterocycles. The maximum atomic E-state index is 13.1. The van der Waals surface area contributed by atoms with Gasteiger partial charge in [0.25, 0.3) is 0 Å². The van der Waals surface area contributed by atoms with Crippen molar-refractivity contribution in [2.24, 2.45) is 0 Å². The number of carbonyl (C=O) groups excluding carboxylic acids is 1. The van der Waals surface area contributed by atoms with E-state index in [9.17, 15) is 14.3 Å². The molecule has 1 aliphatic heterocycles. The zero-order chi connectivity index (χ0) is 13.1. The van der Waals surface area contributed by atoms with Crippen LogP contribution in [-0.4, -0.2) is 35.5 Å². The molecule has 18 heavy (non-hydrogen) atoms. The van der Waals surface area contributed by atoms with Crippen LogP contribution in [0.3, 0.4) is 0 Å². The minimum Gasteiger partial charge on any atom is -0.505 e. The Morgan fingerprint density at radius 3 is 3.06 bits per heavy atom. The highest BCUT2D eigenvalue weighted by molar-refractivity contribution is 5.76. The Morgan fingerprint density at radius 1 is 1.56 bits per heavy atom. The standard InChI is InChI=1S/C13H17FN2O2/c1-16-8-10(5-6-12(16)17)15-7-9-3-2-4-11(14)13(9)18/h2-4,10,15,18H,5-8H2,1H3. The molecule has 0 saturated carbocycles. The predicted octanol–water partition coefficient (Wildman–Crippen LogP) is 1.24. The Labute approximate surface area is 105 Å². The molecule has 1 amide bonds. The van der Waals surface area contributed by atoms with Crippen molar-refractivity contribution in [1.82, 2.24) is 10.2 Å². The van der Waals surface area contributed by atoms with Gasteiger partial charge in [0, 0.05) is 38.2 Å². The number of nitrogens with zero attached hydrogens (tertiary/aromatic N) is 1.